The molecule has 7 heavy (non-hydrogen) atoms. The van der Waals surface area contributed by atoms with Gasteiger partial charge in [0.15, 0.2) is 0 Å². The van der Waals surface area contributed by atoms with Gasteiger partial charge in [0.05, 0.1) is 0 Å². The largest absolute Gasteiger partial charge is 0.392 e. The summed E-state index contributed by atoms with van der Waals surface area (Å²) >= 11 is 0. The Morgan fingerprint density at radius 2 is 2.43 bits per heavy atom. The molecule has 0 aliphatic carbocycles. The van der Waals surface area contributed by atoms with Crippen LogP contribution in [-0.2, 0) is 0 Å². The van der Waals surface area contributed by atoms with Gasteiger partial charge in [-0.15, -0.1) is 0 Å². The number of halogens is 1. The van der Waals surface area contributed by atoms with E-state index in [-0.39, 0.29) is 5.83 Å². The molecule has 0 aromatic heterocycles. The van der Waals surface area contributed by atoms with Gasteiger partial charge in [-0.25, -0.2) is 4.39 Å². The normalized spacial score (nSPS) is 10.9. The predicted molar refractivity (Wildman–Crippen MR) is 28.4 cm³/mol. The molecule has 0 aromatic rings. The first-order valence-corrected chi connectivity index (χ1v) is 1.96. The highest BCUT2D eigenvalue weighted by Crippen LogP contribution is 1.91. The van der Waals surface area contributed by atoms with Crippen molar-refractivity contribution in [3.8, 4) is 0 Å². The van der Waals surface area contributed by atoms with E-state index in [4.69, 9.17) is 0 Å². The Bertz CT molecular complexity index is 86.1. The zero-order valence-electron chi connectivity index (χ0n) is 4.24. The molecule has 0 saturated carbocycles. The molecule has 0 aliphatic heterocycles. The Labute approximate surface area is 42.5 Å². The van der Waals surface area contributed by atoms with E-state index in [1.165, 1.54) is 6.20 Å². The fourth-order valence-corrected chi connectivity index (χ4v) is 0.197. The molecule has 0 rings (SSSR count). The van der Waals surface area contributed by atoms with Gasteiger partial charge in [0, 0.05) is 13.2 Å². The molecular weight excluding hydrogens is 93.1 g/mol. The predicted octanol–water partition coefficient (Wildman–Crippen LogP) is 1.20. The lowest BCUT2D eigenvalue weighted by Crippen LogP contribution is -1.91. The molecule has 40 valence electrons. The summed E-state index contributed by atoms with van der Waals surface area (Å²) < 4.78 is 11.8. The Morgan fingerprint density at radius 3 is 2.57 bits per heavy atom. The first-order valence-electron chi connectivity index (χ1n) is 1.96. The molecule has 0 aromatic carbocycles. The Kier molecular flexibility index (Phi) is 3.02. The molecule has 2 heteroatoms. The maximum absolute atomic E-state index is 11.8. The van der Waals surface area contributed by atoms with E-state index in [9.17, 15) is 4.39 Å². The van der Waals surface area contributed by atoms with E-state index in [2.05, 4.69) is 11.9 Å². The lowest BCUT2D eigenvalue weighted by Gasteiger charge is -1.83. The zero-order valence-corrected chi connectivity index (χ0v) is 4.24. The molecule has 0 heterocycles. The fraction of sp³-hybridized carbons (Fsp3) is 0.200. The van der Waals surface area contributed by atoms with Gasteiger partial charge >= 0.3 is 0 Å². The van der Waals surface area contributed by atoms with Crippen molar-refractivity contribution in [1.82, 2.24) is 5.32 Å². The second-order valence-corrected chi connectivity index (χ2v) is 1.02. The van der Waals surface area contributed by atoms with Crippen LogP contribution in [0.4, 0.5) is 4.39 Å². The van der Waals surface area contributed by atoms with E-state index in [0.29, 0.717) is 0 Å². The highest BCUT2D eigenvalue weighted by molar-refractivity contribution is 5.05. The molecule has 0 bridgehead atoms. The monoisotopic (exact) mass is 101 g/mol. The van der Waals surface area contributed by atoms with Gasteiger partial charge in [-0.2, -0.15) is 0 Å². The summed E-state index contributed by atoms with van der Waals surface area (Å²) in [5, 5.41) is 2.51. The molecule has 0 aliphatic rings. The Morgan fingerprint density at radius 1 is 1.86 bits per heavy atom. The van der Waals surface area contributed by atoms with Crippen LogP contribution in [0.2, 0.25) is 0 Å². The molecule has 0 amide bonds. The smallest absolute Gasteiger partial charge is 0.138 e. The van der Waals surface area contributed by atoms with Gasteiger partial charge in [0.25, 0.3) is 0 Å². The number of rotatable bonds is 2. The van der Waals surface area contributed by atoms with Gasteiger partial charge in [0.1, 0.15) is 5.83 Å². The minimum Gasteiger partial charge on any atom is -0.392 e. The summed E-state index contributed by atoms with van der Waals surface area (Å²) in [7, 11) is 1.63. The highest BCUT2D eigenvalue weighted by atomic mass is 19.1. The van der Waals surface area contributed by atoms with Gasteiger partial charge < -0.3 is 5.32 Å². The first kappa shape index (κ1) is 6.21. The van der Waals surface area contributed by atoms with E-state index < -0.39 is 0 Å². The average molecular weight is 101 g/mol. The molecule has 0 radical (unpaired) electrons. The van der Waals surface area contributed by atoms with Crippen LogP contribution in [0.1, 0.15) is 0 Å². The highest BCUT2D eigenvalue weighted by Gasteiger charge is 1.76. The van der Waals surface area contributed by atoms with Gasteiger partial charge in [-0.3, -0.25) is 0 Å². The Balaban J connectivity index is 3.49. The average Bonchev–Trinajstić information content (AvgIpc) is 1.68. The van der Waals surface area contributed by atoms with Crippen molar-refractivity contribution >= 4 is 0 Å². The van der Waals surface area contributed by atoms with Gasteiger partial charge in [0.2, 0.25) is 0 Å². The van der Waals surface area contributed by atoms with E-state index in [0.717, 1.165) is 6.08 Å². The van der Waals surface area contributed by atoms with Crippen molar-refractivity contribution in [1.29, 1.82) is 0 Å². The summed E-state index contributed by atoms with van der Waals surface area (Å²) in [6.07, 6.45) is 2.36. The quantitative estimate of drug-likeness (QED) is 0.515. The van der Waals surface area contributed by atoms with Crippen molar-refractivity contribution in [3.05, 3.63) is 24.7 Å². The lowest BCUT2D eigenvalue weighted by atomic mass is 10.5. The molecule has 1 N–H and O–H groups in total. The summed E-state index contributed by atoms with van der Waals surface area (Å²) in [5.41, 5.74) is 0. The third-order valence-electron chi connectivity index (χ3n) is 0.477. The standard InChI is InChI=1S/C5H8FN/c1-3-5(6)4-7-2/h3-4,7H,1H2,2H3/b5-4+. The SMILES string of the molecule is C=C/C(F)=C\NC. The summed E-state index contributed by atoms with van der Waals surface area (Å²) in [6.45, 7) is 3.20. The number of nitrogens with one attached hydrogen (secondary N) is 1. The zero-order chi connectivity index (χ0) is 5.70. The van der Waals surface area contributed by atoms with Gasteiger partial charge in [-0.1, -0.05) is 6.58 Å². The van der Waals surface area contributed by atoms with Crippen LogP contribution in [0, 0.1) is 0 Å². The number of allylic oxidation sites excluding steroid dienone is 2. The third kappa shape index (κ3) is 3.03. The van der Waals surface area contributed by atoms with Crippen molar-refractivity contribution in [2.75, 3.05) is 7.05 Å². The maximum Gasteiger partial charge on any atom is 0.138 e. The van der Waals surface area contributed by atoms with Crippen LogP contribution in [0.3, 0.4) is 0 Å². The molecular formula is C5H8FN. The molecule has 1 nitrogen and oxygen atoms in total. The van der Waals surface area contributed by atoms with Crippen molar-refractivity contribution in [2.24, 2.45) is 0 Å². The molecule has 0 fully saturated rings. The Hall–Kier alpha value is -0.790. The van der Waals surface area contributed by atoms with Crippen LogP contribution < -0.4 is 5.32 Å². The lowest BCUT2D eigenvalue weighted by molar-refractivity contribution is 0.658. The van der Waals surface area contributed by atoms with Crippen LogP contribution in [0.5, 0.6) is 0 Å². The summed E-state index contributed by atoms with van der Waals surface area (Å²) in [6, 6.07) is 0. The van der Waals surface area contributed by atoms with E-state index in [1.807, 2.05) is 0 Å². The molecule has 0 unspecified atom stereocenters. The van der Waals surface area contributed by atoms with Crippen molar-refractivity contribution in [2.45, 2.75) is 0 Å². The summed E-state index contributed by atoms with van der Waals surface area (Å²) in [5.74, 6) is -0.345. The third-order valence-corrected chi connectivity index (χ3v) is 0.477. The minimum atomic E-state index is -0.345. The minimum absolute atomic E-state index is 0.345. The number of hydrogen-bond donors (Lipinski definition) is 1. The van der Waals surface area contributed by atoms with Gasteiger partial charge in [-0.05, 0) is 6.08 Å². The van der Waals surface area contributed by atoms with E-state index in [1.54, 1.807) is 7.05 Å². The van der Waals surface area contributed by atoms with Crippen LogP contribution in [-0.4, -0.2) is 7.05 Å². The van der Waals surface area contributed by atoms with E-state index >= 15 is 0 Å². The topological polar surface area (TPSA) is 12.0 Å². The van der Waals surface area contributed by atoms with Crippen LogP contribution >= 0.6 is 0 Å². The maximum atomic E-state index is 11.8. The first-order chi connectivity index (χ1) is 3.31. The summed E-state index contributed by atoms with van der Waals surface area (Å²) in [4.78, 5) is 0. The van der Waals surface area contributed by atoms with Crippen LogP contribution in [0.25, 0.3) is 0 Å². The van der Waals surface area contributed by atoms with Crippen molar-refractivity contribution < 1.29 is 4.39 Å². The molecule has 0 atom stereocenters. The van der Waals surface area contributed by atoms with Crippen molar-refractivity contribution in [3.63, 3.8) is 0 Å². The second-order valence-electron chi connectivity index (χ2n) is 1.02. The fourth-order valence-electron chi connectivity index (χ4n) is 0.197. The molecule has 0 saturated heterocycles. The van der Waals surface area contributed by atoms with Crippen LogP contribution in [0.15, 0.2) is 24.7 Å². The second kappa shape index (κ2) is 3.40. The number of hydrogen-bond acceptors (Lipinski definition) is 1. The molecule has 0 spiro atoms.